The number of amides is 2. The zero-order chi connectivity index (χ0) is 25.7. The van der Waals surface area contributed by atoms with Gasteiger partial charge in [-0.1, -0.05) is 42.5 Å². The van der Waals surface area contributed by atoms with Crippen molar-refractivity contribution < 1.29 is 14.0 Å². The molecule has 1 aliphatic rings. The van der Waals surface area contributed by atoms with Crippen LogP contribution in [0.25, 0.3) is 5.70 Å². The molecule has 2 heterocycles. The van der Waals surface area contributed by atoms with Crippen LogP contribution in [0.5, 0.6) is 0 Å². The second kappa shape index (κ2) is 10.9. The topological polar surface area (TPSA) is 69.1 Å². The summed E-state index contributed by atoms with van der Waals surface area (Å²) in [4.78, 5) is 39.6. The van der Waals surface area contributed by atoms with E-state index >= 15 is 0 Å². The number of aliphatic imine (C=N–C) groups is 1. The molecule has 8 heteroatoms. The Morgan fingerprint density at radius 1 is 1.06 bits per heavy atom. The number of aromatic nitrogens is 1. The molecule has 0 saturated carbocycles. The number of hydrogen-bond acceptors (Lipinski definition) is 4. The number of anilines is 1. The minimum absolute atomic E-state index is 0.00570. The molecule has 1 aromatic heterocycles. The van der Waals surface area contributed by atoms with E-state index < -0.39 is 0 Å². The summed E-state index contributed by atoms with van der Waals surface area (Å²) in [5.41, 5.74) is 3.13. The van der Waals surface area contributed by atoms with Crippen LogP contribution >= 0.6 is 0 Å². The normalized spacial score (nSPS) is 14.1. The molecule has 0 atom stereocenters. The van der Waals surface area contributed by atoms with E-state index in [4.69, 9.17) is 4.99 Å². The second-order valence-corrected chi connectivity index (χ2v) is 8.66. The number of likely N-dealkylation sites (N-methyl/N-ethyl adjacent to an activating group) is 1. The first kappa shape index (κ1) is 24.8. The number of rotatable bonds is 6. The van der Waals surface area contributed by atoms with Crippen molar-refractivity contribution in [1.29, 1.82) is 0 Å². The van der Waals surface area contributed by atoms with Crippen LogP contribution in [0.2, 0.25) is 0 Å². The highest BCUT2D eigenvalue weighted by atomic mass is 19.1. The van der Waals surface area contributed by atoms with Gasteiger partial charge in [0.25, 0.3) is 0 Å². The van der Waals surface area contributed by atoms with Crippen molar-refractivity contribution >= 4 is 29.2 Å². The summed E-state index contributed by atoms with van der Waals surface area (Å²) in [6.45, 7) is 6.83. The van der Waals surface area contributed by atoms with E-state index in [9.17, 15) is 14.0 Å². The van der Waals surface area contributed by atoms with Crippen LogP contribution in [0.15, 0.2) is 84.5 Å². The fraction of sp³-hybridized carbons (Fsp3) is 0.214. The molecular weight excluding hydrogens is 457 g/mol. The van der Waals surface area contributed by atoms with Gasteiger partial charge in [0.1, 0.15) is 24.0 Å². The smallest absolute Gasteiger partial charge is 0.247 e. The molecule has 7 nitrogen and oxygen atoms in total. The standard InChI is InChI=1S/C28H28FN5O2/c1-20-7-9-22(10-8-20)21(2)31-28(23-11-13-24(29)14-12-23)32(3)18-26(35)33-16-17-34(27(36)19-33)25-6-4-5-15-30-25/h4-15H,2,16-19H2,1,3H3. The number of amidine groups is 1. The molecule has 1 saturated heterocycles. The van der Waals surface area contributed by atoms with E-state index in [1.165, 1.54) is 17.0 Å². The molecule has 0 radical (unpaired) electrons. The number of hydrogen-bond donors (Lipinski definition) is 0. The molecule has 2 amide bonds. The predicted octanol–water partition coefficient (Wildman–Crippen LogP) is 3.75. The van der Waals surface area contributed by atoms with Crippen molar-refractivity contribution in [2.75, 3.05) is 38.1 Å². The van der Waals surface area contributed by atoms with Gasteiger partial charge < -0.3 is 9.80 Å². The van der Waals surface area contributed by atoms with E-state index in [0.29, 0.717) is 36.0 Å². The lowest BCUT2D eigenvalue weighted by Gasteiger charge is -2.34. The van der Waals surface area contributed by atoms with Crippen molar-refractivity contribution in [3.63, 3.8) is 0 Å². The van der Waals surface area contributed by atoms with Crippen LogP contribution in [-0.2, 0) is 9.59 Å². The molecule has 1 fully saturated rings. The summed E-state index contributed by atoms with van der Waals surface area (Å²) in [6.07, 6.45) is 1.63. The van der Waals surface area contributed by atoms with Crippen molar-refractivity contribution in [2.24, 2.45) is 4.99 Å². The molecule has 0 unspecified atom stereocenters. The van der Waals surface area contributed by atoms with Crippen LogP contribution in [0, 0.1) is 12.7 Å². The molecule has 36 heavy (non-hydrogen) atoms. The monoisotopic (exact) mass is 485 g/mol. The summed E-state index contributed by atoms with van der Waals surface area (Å²) in [5.74, 6) is 0.302. The number of carbonyl (C=O) groups excluding carboxylic acids is 2. The Labute approximate surface area is 210 Å². The highest BCUT2D eigenvalue weighted by molar-refractivity contribution is 6.03. The Balaban J connectivity index is 1.50. The van der Waals surface area contributed by atoms with E-state index in [0.717, 1.165) is 11.1 Å². The average molecular weight is 486 g/mol. The molecule has 4 rings (SSSR count). The first-order valence-electron chi connectivity index (χ1n) is 11.6. The van der Waals surface area contributed by atoms with Gasteiger partial charge in [0.2, 0.25) is 11.8 Å². The van der Waals surface area contributed by atoms with E-state index in [-0.39, 0.29) is 30.7 Å². The van der Waals surface area contributed by atoms with Crippen molar-refractivity contribution in [3.8, 4) is 0 Å². The highest BCUT2D eigenvalue weighted by Crippen LogP contribution is 2.19. The zero-order valence-corrected chi connectivity index (χ0v) is 20.4. The van der Waals surface area contributed by atoms with Crippen molar-refractivity contribution in [1.82, 2.24) is 14.8 Å². The third kappa shape index (κ3) is 5.83. The second-order valence-electron chi connectivity index (χ2n) is 8.66. The summed E-state index contributed by atoms with van der Waals surface area (Å²) in [6, 6.07) is 19.1. The van der Waals surface area contributed by atoms with Gasteiger partial charge in [-0.2, -0.15) is 0 Å². The third-order valence-electron chi connectivity index (χ3n) is 5.96. The average Bonchev–Trinajstić information content (AvgIpc) is 2.88. The lowest BCUT2D eigenvalue weighted by Crippen LogP contribution is -2.54. The number of benzene rings is 2. The summed E-state index contributed by atoms with van der Waals surface area (Å²) >= 11 is 0. The van der Waals surface area contributed by atoms with Gasteiger partial charge >= 0.3 is 0 Å². The SMILES string of the molecule is C=C(N=C(c1ccc(F)cc1)N(C)CC(=O)N1CCN(c2ccccn2)C(=O)C1)c1ccc(C)cc1. The fourth-order valence-electron chi connectivity index (χ4n) is 3.93. The minimum Gasteiger partial charge on any atom is -0.350 e. The maximum atomic E-state index is 13.6. The Hall–Kier alpha value is -4.33. The molecule has 0 N–H and O–H groups in total. The number of pyridine rings is 1. The molecular formula is C28H28FN5O2. The van der Waals surface area contributed by atoms with Crippen LogP contribution in [0.4, 0.5) is 10.2 Å². The Morgan fingerprint density at radius 2 is 1.75 bits per heavy atom. The van der Waals surface area contributed by atoms with Gasteiger partial charge in [-0.15, -0.1) is 0 Å². The maximum absolute atomic E-state index is 13.6. The number of halogens is 1. The first-order chi connectivity index (χ1) is 17.3. The molecule has 0 aliphatic carbocycles. The molecule has 1 aliphatic heterocycles. The molecule has 3 aromatic rings. The van der Waals surface area contributed by atoms with Crippen LogP contribution < -0.4 is 4.90 Å². The minimum atomic E-state index is -0.363. The Morgan fingerprint density at radius 3 is 2.39 bits per heavy atom. The van der Waals surface area contributed by atoms with Crippen LogP contribution in [0.1, 0.15) is 16.7 Å². The van der Waals surface area contributed by atoms with Crippen LogP contribution in [-0.4, -0.2) is 65.7 Å². The summed E-state index contributed by atoms with van der Waals surface area (Å²) in [5, 5.41) is 0. The third-order valence-corrected chi connectivity index (χ3v) is 5.96. The Kier molecular flexibility index (Phi) is 7.53. The number of piperazine rings is 1. The molecule has 184 valence electrons. The lowest BCUT2D eigenvalue weighted by atomic mass is 10.1. The molecule has 0 spiro atoms. The van der Waals surface area contributed by atoms with Gasteiger partial charge in [0.15, 0.2) is 0 Å². The van der Waals surface area contributed by atoms with Gasteiger partial charge in [0, 0.05) is 31.9 Å². The van der Waals surface area contributed by atoms with E-state index in [1.807, 2.05) is 37.3 Å². The van der Waals surface area contributed by atoms with Gasteiger partial charge in [-0.05, 0) is 48.9 Å². The molecule has 0 bridgehead atoms. The van der Waals surface area contributed by atoms with Gasteiger partial charge in [-0.25, -0.2) is 14.4 Å². The molecule has 2 aromatic carbocycles. The number of aryl methyl sites for hydroxylation is 1. The van der Waals surface area contributed by atoms with E-state index in [1.54, 1.807) is 47.3 Å². The number of carbonyl (C=O) groups is 2. The number of nitrogens with zero attached hydrogens (tertiary/aromatic N) is 5. The zero-order valence-electron chi connectivity index (χ0n) is 20.4. The van der Waals surface area contributed by atoms with Crippen molar-refractivity contribution in [2.45, 2.75) is 6.92 Å². The summed E-state index contributed by atoms with van der Waals surface area (Å²) in [7, 11) is 1.74. The Bertz CT molecular complexity index is 1270. The summed E-state index contributed by atoms with van der Waals surface area (Å²) < 4.78 is 13.6. The highest BCUT2D eigenvalue weighted by Gasteiger charge is 2.29. The predicted molar refractivity (Wildman–Crippen MR) is 139 cm³/mol. The van der Waals surface area contributed by atoms with Crippen LogP contribution in [0.3, 0.4) is 0 Å². The first-order valence-corrected chi connectivity index (χ1v) is 11.6. The largest absolute Gasteiger partial charge is 0.350 e. The quantitative estimate of drug-likeness (QED) is 0.394. The van der Waals surface area contributed by atoms with Crippen molar-refractivity contribution in [3.05, 3.63) is 102 Å². The maximum Gasteiger partial charge on any atom is 0.247 e. The van der Waals surface area contributed by atoms with Gasteiger partial charge in [0.05, 0.1) is 12.2 Å². The van der Waals surface area contributed by atoms with Gasteiger partial charge in [-0.3, -0.25) is 14.5 Å². The fourth-order valence-corrected chi connectivity index (χ4v) is 3.93. The van der Waals surface area contributed by atoms with E-state index in [2.05, 4.69) is 11.6 Å². The lowest BCUT2D eigenvalue weighted by molar-refractivity contribution is -0.137.